The Bertz CT molecular complexity index is 1010. The van der Waals surface area contributed by atoms with Crippen molar-refractivity contribution in [2.45, 2.75) is 64.8 Å². The van der Waals surface area contributed by atoms with Crippen LogP contribution in [0.5, 0.6) is 5.75 Å². The zero-order chi connectivity index (χ0) is 20.4. The molecule has 1 aromatic carbocycles. The van der Waals surface area contributed by atoms with Crippen LogP contribution in [0, 0.1) is 0 Å². The van der Waals surface area contributed by atoms with Gasteiger partial charge in [0.1, 0.15) is 11.6 Å². The van der Waals surface area contributed by atoms with Crippen molar-refractivity contribution in [2.75, 3.05) is 12.4 Å². The third-order valence-corrected chi connectivity index (χ3v) is 6.07. The molecule has 4 rings (SSSR count). The Morgan fingerprint density at radius 2 is 1.97 bits per heavy atom. The summed E-state index contributed by atoms with van der Waals surface area (Å²) in [5.41, 5.74) is 5.27. The van der Waals surface area contributed by atoms with Crippen molar-refractivity contribution in [3.63, 3.8) is 0 Å². The highest BCUT2D eigenvalue weighted by atomic mass is 35.5. The van der Waals surface area contributed by atoms with Crippen LogP contribution < -0.4 is 10.1 Å². The number of rotatable bonds is 8. The molecule has 5 nitrogen and oxygen atoms in total. The van der Waals surface area contributed by atoms with Gasteiger partial charge in [-0.15, -0.1) is 0 Å². The van der Waals surface area contributed by atoms with E-state index < -0.39 is 0 Å². The molecule has 1 aliphatic carbocycles. The highest BCUT2D eigenvalue weighted by Crippen LogP contribution is 2.36. The summed E-state index contributed by atoms with van der Waals surface area (Å²) < 4.78 is 7.28. The summed E-state index contributed by atoms with van der Waals surface area (Å²) in [5, 5.41) is 9.20. The van der Waals surface area contributed by atoms with E-state index in [1.54, 1.807) is 7.11 Å². The molecule has 0 saturated carbocycles. The summed E-state index contributed by atoms with van der Waals surface area (Å²) in [6.07, 6.45) is 9.76. The monoisotopic (exact) mass is 412 g/mol. The van der Waals surface area contributed by atoms with Crippen molar-refractivity contribution in [2.24, 2.45) is 0 Å². The lowest BCUT2D eigenvalue weighted by Crippen LogP contribution is -2.22. The lowest BCUT2D eigenvalue weighted by atomic mass is 10.1. The zero-order valence-corrected chi connectivity index (χ0v) is 18.2. The van der Waals surface area contributed by atoms with Crippen LogP contribution in [0.4, 0.5) is 5.82 Å². The van der Waals surface area contributed by atoms with E-state index in [0.717, 1.165) is 60.4 Å². The maximum atomic E-state index is 6.56. The first-order valence-electron chi connectivity index (χ1n) is 10.7. The molecule has 0 aliphatic heterocycles. The first kappa shape index (κ1) is 20.0. The molecule has 0 atom stereocenters. The second-order valence-corrected chi connectivity index (χ2v) is 8.20. The summed E-state index contributed by atoms with van der Waals surface area (Å²) in [7, 11) is 1.65. The second kappa shape index (κ2) is 8.62. The highest BCUT2D eigenvalue weighted by molar-refractivity contribution is 6.33. The normalized spacial score (nSPS) is 13.3. The van der Waals surface area contributed by atoms with Gasteiger partial charge in [0.25, 0.3) is 0 Å². The first-order chi connectivity index (χ1) is 14.2. The molecule has 2 heterocycles. The molecular formula is C23H29ClN4O. The maximum Gasteiger partial charge on any atom is 0.165 e. The van der Waals surface area contributed by atoms with Gasteiger partial charge in [0, 0.05) is 28.4 Å². The van der Waals surface area contributed by atoms with E-state index in [2.05, 4.69) is 19.2 Å². The van der Waals surface area contributed by atoms with Crippen LogP contribution in [-0.2, 0) is 12.8 Å². The van der Waals surface area contributed by atoms with Crippen LogP contribution >= 0.6 is 11.6 Å². The van der Waals surface area contributed by atoms with Gasteiger partial charge >= 0.3 is 0 Å². The van der Waals surface area contributed by atoms with Gasteiger partial charge in [-0.1, -0.05) is 38.3 Å². The molecule has 6 heteroatoms. The molecule has 0 unspecified atom stereocenters. The molecular weight excluding hydrogens is 384 g/mol. The van der Waals surface area contributed by atoms with Crippen molar-refractivity contribution in [1.29, 1.82) is 0 Å². The fraction of sp³-hybridized carbons (Fsp3) is 0.478. The highest BCUT2D eigenvalue weighted by Gasteiger charge is 2.24. The van der Waals surface area contributed by atoms with Crippen molar-refractivity contribution in [1.82, 2.24) is 14.6 Å². The Hall–Kier alpha value is -2.27. The third-order valence-electron chi connectivity index (χ3n) is 5.75. The predicted molar refractivity (Wildman–Crippen MR) is 119 cm³/mol. The fourth-order valence-corrected chi connectivity index (χ4v) is 4.61. The van der Waals surface area contributed by atoms with Crippen molar-refractivity contribution >= 4 is 23.1 Å². The minimum atomic E-state index is 0.456. The molecule has 1 N–H and O–H groups in total. The molecule has 0 spiro atoms. The van der Waals surface area contributed by atoms with Gasteiger partial charge in [-0.3, -0.25) is 0 Å². The SMILES string of the molecule is CCCC(CCC)Nc1c2c(nc3c(-c4ccc(OC)cc4Cl)cnn13)CCC2. The third kappa shape index (κ3) is 3.80. The lowest BCUT2D eigenvalue weighted by Gasteiger charge is -2.21. The minimum absolute atomic E-state index is 0.456. The number of fused-ring (bicyclic) bond motifs is 2. The Balaban J connectivity index is 1.83. The molecule has 29 heavy (non-hydrogen) atoms. The van der Waals surface area contributed by atoms with Gasteiger partial charge in [-0.25, -0.2) is 4.98 Å². The Morgan fingerprint density at radius 3 is 2.66 bits per heavy atom. The quantitative estimate of drug-likeness (QED) is 0.498. The second-order valence-electron chi connectivity index (χ2n) is 7.80. The van der Waals surface area contributed by atoms with Gasteiger partial charge in [-0.2, -0.15) is 9.61 Å². The van der Waals surface area contributed by atoms with E-state index >= 15 is 0 Å². The standard InChI is InChI=1S/C23H29ClN4O/c1-4-7-15(8-5-2)26-22-18-9-6-10-21(18)27-23-19(14-25-28(22)23)17-12-11-16(29-3)13-20(17)24/h11-15,26H,4-10H2,1-3H3. The number of hydrogen-bond acceptors (Lipinski definition) is 4. The molecule has 1 aliphatic rings. The predicted octanol–water partition coefficient (Wildman–Crippen LogP) is 5.93. The van der Waals surface area contributed by atoms with Crippen LogP contribution in [0.25, 0.3) is 16.8 Å². The molecule has 0 bridgehead atoms. The van der Waals surface area contributed by atoms with Gasteiger partial charge in [0.2, 0.25) is 0 Å². The van der Waals surface area contributed by atoms with E-state index in [1.807, 2.05) is 28.9 Å². The zero-order valence-electron chi connectivity index (χ0n) is 17.5. The van der Waals surface area contributed by atoms with Gasteiger partial charge < -0.3 is 10.1 Å². The molecule has 0 amide bonds. The summed E-state index contributed by atoms with van der Waals surface area (Å²) in [6.45, 7) is 4.49. The summed E-state index contributed by atoms with van der Waals surface area (Å²) in [5.74, 6) is 1.86. The number of halogens is 1. The van der Waals surface area contributed by atoms with E-state index in [1.165, 1.54) is 24.1 Å². The topological polar surface area (TPSA) is 51.5 Å². The Morgan fingerprint density at radius 1 is 1.17 bits per heavy atom. The number of methoxy groups -OCH3 is 1. The van der Waals surface area contributed by atoms with E-state index in [-0.39, 0.29) is 0 Å². The molecule has 0 radical (unpaired) electrons. The number of aromatic nitrogens is 3. The summed E-state index contributed by atoms with van der Waals surface area (Å²) >= 11 is 6.56. The average molecular weight is 413 g/mol. The van der Waals surface area contributed by atoms with Crippen LogP contribution in [0.3, 0.4) is 0 Å². The molecule has 0 fully saturated rings. The first-order valence-corrected chi connectivity index (χ1v) is 11.0. The van der Waals surface area contributed by atoms with Crippen LogP contribution in [0.1, 0.15) is 57.2 Å². The number of hydrogen-bond donors (Lipinski definition) is 1. The number of anilines is 1. The average Bonchev–Trinajstić information content (AvgIpc) is 3.35. The Kier molecular flexibility index (Phi) is 5.95. The van der Waals surface area contributed by atoms with Gasteiger partial charge in [-0.05, 0) is 50.3 Å². The summed E-state index contributed by atoms with van der Waals surface area (Å²) in [4.78, 5) is 5.01. The van der Waals surface area contributed by atoms with Crippen LogP contribution in [-0.4, -0.2) is 27.7 Å². The smallest absolute Gasteiger partial charge is 0.165 e. The Labute approximate surface area is 177 Å². The molecule has 2 aromatic heterocycles. The number of nitrogens with zero attached hydrogens (tertiary/aromatic N) is 3. The van der Waals surface area contributed by atoms with E-state index in [0.29, 0.717) is 11.1 Å². The largest absolute Gasteiger partial charge is 0.497 e. The number of nitrogens with one attached hydrogen (secondary N) is 1. The van der Waals surface area contributed by atoms with Crippen LogP contribution in [0.15, 0.2) is 24.4 Å². The lowest BCUT2D eigenvalue weighted by molar-refractivity contribution is 0.415. The van der Waals surface area contributed by atoms with Crippen molar-refractivity contribution in [3.05, 3.63) is 40.7 Å². The number of aryl methyl sites for hydroxylation is 1. The molecule has 0 saturated heterocycles. The number of ether oxygens (including phenoxy) is 1. The van der Waals surface area contributed by atoms with Crippen LogP contribution in [0.2, 0.25) is 5.02 Å². The maximum absolute atomic E-state index is 6.56. The van der Waals surface area contributed by atoms with Gasteiger partial charge in [0.15, 0.2) is 5.65 Å². The fourth-order valence-electron chi connectivity index (χ4n) is 4.33. The van der Waals surface area contributed by atoms with Crippen molar-refractivity contribution in [3.8, 4) is 16.9 Å². The van der Waals surface area contributed by atoms with Crippen molar-refractivity contribution < 1.29 is 4.74 Å². The van der Waals surface area contributed by atoms with Gasteiger partial charge in [0.05, 0.1) is 18.3 Å². The van der Waals surface area contributed by atoms with E-state index in [4.69, 9.17) is 26.4 Å². The summed E-state index contributed by atoms with van der Waals surface area (Å²) in [6, 6.07) is 6.20. The molecule has 154 valence electrons. The number of benzene rings is 1. The minimum Gasteiger partial charge on any atom is -0.497 e. The van der Waals surface area contributed by atoms with E-state index in [9.17, 15) is 0 Å². The molecule has 3 aromatic rings.